The smallest absolute Gasteiger partial charge is 0.417 e. The summed E-state index contributed by atoms with van der Waals surface area (Å²) < 4.78 is 43.5. The third-order valence-electron chi connectivity index (χ3n) is 2.47. The topological polar surface area (TPSA) is 53.2 Å². The summed E-state index contributed by atoms with van der Waals surface area (Å²) in [6, 6.07) is 10.2. The number of phenolic OH excluding ortho intramolecular Hbond substituents is 1. The van der Waals surface area contributed by atoms with Crippen LogP contribution in [0.15, 0.2) is 42.5 Å². The molecule has 3 nitrogen and oxygen atoms in total. The summed E-state index contributed by atoms with van der Waals surface area (Å²) in [7, 11) is 0. The van der Waals surface area contributed by atoms with E-state index in [-0.39, 0.29) is 17.2 Å². The van der Waals surface area contributed by atoms with Crippen LogP contribution in [-0.4, -0.2) is 5.11 Å². The molecule has 0 amide bonds. The second kappa shape index (κ2) is 5.13. The molecule has 0 aromatic heterocycles. The SMILES string of the molecule is N#Cc1ccc(Oc2cccc(O)c2)cc1C(F)(F)F. The van der Waals surface area contributed by atoms with Gasteiger partial charge in [0.15, 0.2) is 0 Å². The van der Waals surface area contributed by atoms with Crippen molar-refractivity contribution in [3.63, 3.8) is 0 Å². The van der Waals surface area contributed by atoms with Crippen LogP contribution in [0.5, 0.6) is 17.2 Å². The van der Waals surface area contributed by atoms with Crippen LogP contribution in [0, 0.1) is 11.3 Å². The van der Waals surface area contributed by atoms with Gasteiger partial charge in [-0.3, -0.25) is 0 Å². The lowest BCUT2D eigenvalue weighted by Gasteiger charge is -2.11. The van der Waals surface area contributed by atoms with Crippen LogP contribution in [0.4, 0.5) is 13.2 Å². The van der Waals surface area contributed by atoms with Crippen molar-refractivity contribution < 1.29 is 23.0 Å². The van der Waals surface area contributed by atoms with Gasteiger partial charge < -0.3 is 9.84 Å². The summed E-state index contributed by atoms with van der Waals surface area (Å²) in [5, 5.41) is 17.9. The Morgan fingerprint density at radius 1 is 1.05 bits per heavy atom. The van der Waals surface area contributed by atoms with Crippen LogP contribution in [0.25, 0.3) is 0 Å². The average Bonchev–Trinajstić information content (AvgIpc) is 2.37. The van der Waals surface area contributed by atoms with Gasteiger partial charge in [-0.25, -0.2) is 0 Å². The largest absolute Gasteiger partial charge is 0.508 e. The maximum atomic E-state index is 12.8. The van der Waals surface area contributed by atoms with Crippen molar-refractivity contribution in [3.05, 3.63) is 53.6 Å². The van der Waals surface area contributed by atoms with E-state index in [0.29, 0.717) is 0 Å². The van der Waals surface area contributed by atoms with Gasteiger partial charge in [-0.2, -0.15) is 18.4 Å². The molecule has 0 saturated carbocycles. The highest BCUT2D eigenvalue weighted by Gasteiger charge is 2.34. The number of alkyl halides is 3. The van der Waals surface area contributed by atoms with Gasteiger partial charge in [-0.1, -0.05) is 6.07 Å². The predicted molar refractivity (Wildman–Crippen MR) is 64.3 cm³/mol. The van der Waals surface area contributed by atoms with E-state index in [0.717, 1.165) is 12.1 Å². The van der Waals surface area contributed by atoms with Crippen molar-refractivity contribution >= 4 is 0 Å². The number of nitriles is 1. The Morgan fingerprint density at radius 3 is 2.35 bits per heavy atom. The molecule has 0 bridgehead atoms. The van der Waals surface area contributed by atoms with Crippen LogP contribution in [0.1, 0.15) is 11.1 Å². The molecule has 0 atom stereocenters. The summed E-state index contributed by atoms with van der Waals surface area (Å²) in [6.45, 7) is 0. The minimum absolute atomic E-state index is 0.0628. The van der Waals surface area contributed by atoms with Crippen molar-refractivity contribution in [2.45, 2.75) is 6.18 Å². The Morgan fingerprint density at radius 2 is 1.75 bits per heavy atom. The number of aromatic hydroxyl groups is 1. The highest BCUT2D eigenvalue weighted by Crippen LogP contribution is 2.35. The molecule has 1 N–H and O–H groups in total. The van der Waals surface area contributed by atoms with Gasteiger partial charge >= 0.3 is 6.18 Å². The molecule has 0 aliphatic rings. The lowest BCUT2D eigenvalue weighted by atomic mass is 10.1. The molecule has 2 aromatic carbocycles. The average molecular weight is 279 g/mol. The van der Waals surface area contributed by atoms with Gasteiger partial charge in [0, 0.05) is 6.07 Å². The normalized spacial score (nSPS) is 10.9. The fourth-order valence-electron chi connectivity index (χ4n) is 1.60. The second-order valence-corrected chi connectivity index (χ2v) is 3.92. The number of phenols is 1. The van der Waals surface area contributed by atoms with Gasteiger partial charge in [-0.15, -0.1) is 0 Å². The standard InChI is InChI=1S/C14H8F3NO2/c15-14(16,17)13-7-12(5-4-9(13)8-18)20-11-3-1-2-10(19)6-11/h1-7,19H. The first-order chi connectivity index (χ1) is 9.40. The fraction of sp³-hybridized carbons (Fsp3) is 0.0714. The van der Waals surface area contributed by atoms with Gasteiger partial charge in [0.25, 0.3) is 0 Å². The molecule has 0 radical (unpaired) electrons. The molecule has 2 aromatic rings. The zero-order valence-electron chi connectivity index (χ0n) is 9.98. The fourth-order valence-corrected chi connectivity index (χ4v) is 1.60. The van der Waals surface area contributed by atoms with Crippen molar-refractivity contribution in [3.8, 4) is 23.3 Å². The van der Waals surface area contributed by atoms with Gasteiger partial charge in [0.1, 0.15) is 17.2 Å². The number of halogens is 3. The quantitative estimate of drug-likeness (QED) is 0.901. The van der Waals surface area contributed by atoms with Gasteiger partial charge in [0.05, 0.1) is 17.2 Å². The van der Waals surface area contributed by atoms with Crippen LogP contribution < -0.4 is 4.74 Å². The summed E-state index contributed by atoms with van der Waals surface area (Å²) in [4.78, 5) is 0. The highest BCUT2D eigenvalue weighted by molar-refractivity contribution is 5.46. The molecular weight excluding hydrogens is 271 g/mol. The van der Waals surface area contributed by atoms with E-state index in [1.807, 2.05) is 0 Å². The Kier molecular flexibility index (Phi) is 3.53. The van der Waals surface area contributed by atoms with E-state index < -0.39 is 17.3 Å². The number of nitrogens with zero attached hydrogens (tertiary/aromatic N) is 1. The maximum absolute atomic E-state index is 12.8. The Labute approximate surface area is 112 Å². The van der Waals surface area contributed by atoms with E-state index in [1.165, 1.54) is 36.4 Å². The summed E-state index contributed by atoms with van der Waals surface area (Å²) in [5.41, 5.74) is -1.53. The number of benzene rings is 2. The predicted octanol–water partition coefficient (Wildman–Crippen LogP) is 4.07. The van der Waals surface area contributed by atoms with E-state index in [9.17, 15) is 18.3 Å². The molecular formula is C14H8F3NO2. The third-order valence-corrected chi connectivity index (χ3v) is 2.47. The zero-order chi connectivity index (χ0) is 14.8. The number of ether oxygens (including phenoxy) is 1. The van der Waals surface area contributed by atoms with Gasteiger partial charge in [-0.05, 0) is 30.3 Å². The first-order valence-electron chi connectivity index (χ1n) is 5.48. The highest BCUT2D eigenvalue weighted by atomic mass is 19.4. The van der Waals surface area contributed by atoms with E-state index in [2.05, 4.69) is 0 Å². The molecule has 0 spiro atoms. The maximum Gasteiger partial charge on any atom is 0.417 e. The molecule has 2 rings (SSSR count). The van der Waals surface area contributed by atoms with Crippen molar-refractivity contribution in [2.75, 3.05) is 0 Å². The van der Waals surface area contributed by atoms with Crippen LogP contribution in [0.3, 0.4) is 0 Å². The minimum atomic E-state index is -4.64. The molecule has 6 heteroatoms. The van der Waals surface area contributed by atoms with E-state index in [4.69, 9.17) is 10.00 Å². The number of rotatable bonds is 2. The Balaban J connectivity index is 2.37. The molecule has 0 aliphatic heterocycles. The molecule has 0 fully saturated rings. The first kappa shape index (κ1) is 13.7. The molecule has 0 aliphatic carbocycles. The van der Waals surface area contributed by atoms with E-state index >= 15 is 0 Å². The second-order valence-electron chi connectivity index (χ2n) is 3.92. The lowest BCUT2D eigenvalue weighted by Crippen LogP contribution is -2.07. The summed E-state index contributed by atoms with van der Waals surface area (Å²) in [5.74, 6) is 0.0666. The summed E-state index contributed by atoms with van der Waals surface area (Å²) in [6.07, 6.45) is -4.64. The molecule has 0 unspecified atom stereocenters. The summed E-state index contributed by atoms with van der Waals surface area (Å²) >= 11 is 0. The Hall–Kier alpha value is -2.68. The number of hydrogen-bond acceptors (Lipinski definition) is 3. The van der Waals surface area contributed by atoms with Gasteiger partial charge in [0.2, 0.25) is 0 Å². The van der Waals surface area contributed by atoms with Crippen molar-refractivity contribution in [2.24, 2.45) is 0 Å². The lowest BCUT2D eigenvalue weighted by molar-refractivity contribution is -0.137. The third kappa shape index (κ3) is 3.01. The Bertz CT molecular complexity index is 675. The number of hydrogen-bond donors (Lipinski definition) is 1. The first-order valence-corrected chi connectivity index (χ1v) is 5.48. The van der Waals surface area contributed by atoms with Crippen molar-refractivity contribution in [1.82, 2.24) is 0 Å². The van der Waals surface area contributed by atoms with E-state index in [1.54, 1.807) is 0 Å². The molecule has 102 valence electrons. The van der Waals surface area contributed by atoms with Crippen LogP contribution in [-0.2, 0) is 6.18 Å². The monoisotopic (exact) mass is 279 g/mol. The van der Waals surface area contributed by atoms with Crippen LogP contribution >= 0.6 is 0 Å². The van der Waals surface area contributed by atoms with Crippen molar-refractivity contribution in [1.29, 1.82) is 5.26 Å². The molecule has 20 heavy (non-hydrogen) atoms. The molecule has 0 heterocycles. The zero-order valence-corrected chi connectivity index (χ0v) is 9.98. The van der Waals surface area contributed by atoms with Crippen LogP contribution in [0.2, 0.25) is 0 Å². The minimum Gasteiger partial charge on any atom is -0.508 e. The molecule has 0 saturated heterocycles.